The van der Waals surface area contributed by atoms with E-state index in [-0.39, 0.29) is 18.4 Å². The highest BCUT2D eigenvalue weighted by Gasteiger charge is 2.58. The van der Waals surface area contributed by atoms with E-state index in [0.29, 0.717) is 4.90 Å². The van der Waals surface area contributed by atoms with Crippen molar-refractivity contribution in [1.29, 1.82) is 0 Å². The van der Waals surface area contributed by atoms with Crippen molar-refractivity contribution in [1.82, 2.24) is 0 Å². The van der Waals surface area contributed by atoms with E-state index in [1.807, 2.05) is 43.3 Å². The Morgan fingerprint density at radius 1 is 1.00 bits per heavy atom. The summed E-state index contributed by atoms with van der Waals surface area (Å²) < 4.78 is 25.7. The summed E-state index contributed by atoms with van der Waals surface area (Å²) in [6.07, 6.45) is 0.958. The fourth-order valence-electron chi connectivity index (χ4n) is 3.28. The molecular formula is C19H22O3S. The maximum atomic E-state index is 12.9. The van der Waals surface area contributed by atoms with E-state index < -0.39 is 15.1 Å². The molecule has 1 aliphatic rings. The van der Waals surface area contributed by atoms with Crippen LogP contribution >= 0.6 is 0 Å². The van der Waals surface area contributed by atoms with Crippen LogP contribution in [0.2, 0.25) is 0 Å². The first kappa shape index (κ1) is 16.2. The molecular weight excluding hydrogens is 308 g/mol. The molecule has 0 unspecified atom stereocenters. The number of rotatable bonds is 5. The Balaban J connectivity index is 1.90. The fourth-order valence-corrected chi connectivity index (χ4v) is 5.48. The van der Waals surface area contributed by atoms with Crippen LogP contribution in [0.25, 0.3) is 0 Å². The van der Waals surface area contributed by atoms with Crippen LogP contribution in [-0.4, -0.2) is 25.4 Å². The summed E-state index contributed by atoms with van der Waals surface area (Å²) in [5, 5.41) is 9.07. The van der Waals surface area contributed by atoms with Crippen molar-refractivity contribution in [3.63, 3.8) is 0 Å². The molecule has 0 spiro atoms. The van der Waals surface area contributed by atoms with Crippen LogP contribution < -0.4 is 0 Å². The standard InChI is InChI=1S/C19H22O3S/c1-3-14-6-8-15(9-7-14)18-17(12-20)19(18)23(21,22)16-10-4-13(2)5-11-16/h4-11,17-20H,3,12H2,1-2H3/t17-,18+,19-/m0/s1. The first-order chi connectivity index (χ1) is 11.0. The van der Waals surface area contributed by atoms with Gasteiger partial charge in [0.1, 0.15) is 0 Å². The van der Waals surface area contributed by atoms with Crippen LogP contribution in [0, 0.1) is 12.8 Å². The molecule has 2 aromatic carbocycles. The molecule has 122 valence electrons. The zero-order chi connectivity index (χ0) is 16.6. The fraction of sp³-hybridized carbons (Fsp3) is 0.368. The topological polar surface area (TPSA) is 54.4 Å². The van der Waals surface area contributed by atoms with Crippen molar-refractivity contribution in [2.45, 2.75) is 36.3 Å². The second kappa shape index (κ2) is 6.10. The van der Waals surface area contributed by atoms with Gasteiger partial charge < -0.3 is 5.11 Å². The van der Waals surface area contributed by atoms with Crippen LogP contribution in [0.1, 0.15) is 29.5 Å². The van der Waals surface area contributed by atoms with E-state index in [0.717, 1.165) is 17.5 Å². The van der Waals surface area contributed by atoms with Gasteiger partial charge >= 0.3 is 0 Å². The quantitative estimate of drug-likeness (QED) is 0.916. The van der Waals surface area contributed by atoms with Gasteiger partial charge in [0.25, 0.3) is 0 Å². The van der Waals surface area contributed by atoms with Gasteiger partial charge in [-0.3, -0.25) is 0 Å². The Morgan fingerprint density at radius 3 is 2.13 bits per heavy atom. The highest BCUT2D eigenvalue weighted by atomic mass is 32.2. The SMILES string of the molecule is CCc1ccc([C@@H]2[C@H](CO)[C@@H]2S(=O)(=O)c2ccc(C)cc2)cc1. The molecule has 3 nitrogen and oxygen atoms in total. The van der Waals surface area contributed by atoms with Crippen molar-refractivity contribution in [3.05, 3.63) is 65.2 Å². The smallest absolute Gasteiger partial charge is 0.182 e. The Morgan fingerprint density at radius 2 is 1.61 bits per heavy atom. The normalized spacial score (nSPS) is 23.7. The van der Waals surface area contributed by atoms with Crippen LogP contribution in [0.15, 0.2) is 53.4 Å². The first-order valence-electron chi connectivity index (χ1n) is 7.99. The number of aryl methyl sites for hydroxylation is 2. The molecule has 0 aliphatic heterocycles. The summed E-state index contributed by atoms with van der Waals surface area (Å²) in [6, 6.07) is 15.0. The molecule has 0 bridgehead atoms. The third kappa shape index (κ3) is 2.93. The molecule has 0 saturated heterocycles. The number of hydrogen-bond donors (Lipinski definition) is 1. The summed E-state index contributed by atoms with van der Waals surface area (Å²) in [6.45, 7) is 3.92. The van der Waals surface area contributed by atoms with E-state index in [2.05, 4.69) is 6.92 Å². The Hall–Kier alpha value is -1.65. The monoisotopic (exact) mass is 330 g/mol. The maximum absolute atomic E-state index is 12.9. The lowest BCUT2D eigenvalue weighted by molar-refractivity contribution is 0.274. The summed E-state index contributed by atoms with van der Waals surface area (Å²) in [5.74, 6) is -0.328. The highest BCUT2D eigenvalue weighted by molar-refractivity contribution is 7.92. The van der Waals surface area contributed by atoms with E-state index in [9.17, 15) is 13.5 Å². The minimum Gasteiger partial charge on any atom is -0.396 e. The molecule has 23 heavy (non-hydrogen) atoms. The third-order valence-electron chi connectivity index (χ3n) is 4.79. The minimum atomic E-state index is -3.42. The number of aliphatic hydroxyl groups excluding tert-OH is 1. The van der Waals surface area contributed by atoms with Gasteiger partial charge in [-0.2, -0.15) is 0 Å². The molecule has 3 atom stereocenters. The van der Waals surface area contributed by atoms with E-state index in [4.69, 9.17) is 0 Å². The van der Waals surface area contributed by atoms with Gasteiger partial charge in [0, 0.05) is 18.4 Å². The zero-order valence-corrected chi connectivity index (χ0v) is 14.3. The molecule has 3 rings (SSSR count). The lowest BCUT2D eigenvalue weighted by Gasteiger charge is -2.05. The van der Waals surface area contributed by atoms with Gasteiger partial charge in [-0.1, -0.05) is 48.9 Å². The van der Waals surface area contributed by atoms with Crippen molar-refractivity contribution in [2.24, 2.45) is 5.92 Å². The molecule has 1 fully saturated rings. The molecule has 0 heterocycles. The zero-order valence-electron chi connectivity index (χ0n) is 13.4. The maximum Gasteiger partial charge on any atom is 0.182 e. The van der Waals surface area contributed by atoms with E-state index in [1.54, 1.807) is 12.1 Å². The van der Waals surface area contributed by atoms with Crippen LogP contribution in [0.5, 0.6) is 0 Å². The molecule has 0 amide bonds. The Kier molecular flexibility index (Phi) is 4.30. The average molecular weight is 330 g/mol. The molecule has 1 saturated carbocycles. The van der Waals surface area contributed by atoms with Gasteiger partial charge in [0.15, 0.2) is 9.84 Å². The Labute approximate surface area is 137 Å². The predicted octanol–water partition coefficient (Wildman–Crippen LogP) is 3.11. The summed E-state index contributed by atoms with van der Waals surface area (Å²) in [4.78, 5) is 0.347. The average Bonchev–Trinajstić information content (AvgIpc) is 3.31. The van der Waals surface area contributed by atoms with Crippen molar-refractivity contribution >= 4 is 9.84 Å². The lowest BCUT2D eigenvalue weighted by atomic mass is 10.1. The van der Waals surface area contributed by atoms with Crippen LogP contribution in [-0.2, 0) is 16.3 Å². The number of sulfone groups is 1. The largest absolute Gasteiger partial charge is 0.396 e. The number of hydrogen-bond acceptors (Lipinski definition) is 3. The summed E-state index contributed by atoms with van der Waals surface area (Å²) >= 11 is 0. The molecule has 1 N–H and O–H groups in total. The Bertz CT molecular complexity index is 776. The second-order valence-corrected chi connectivity index (χ2v) is 8.40. The van der Waals surface area contributed by atoms with Gasteiger partial charge in [0.05, 0.1) is 10.1 Å². The molecule has 0 radical (unpaired) electrons. The minimum absolute atomic E-state index is 0.101. The third-order valence-corrected chi connectivity index (χ3v) is 7.08. The predicted molar refractivity (Wildman–Crippen MR) is 91.3 cm³/mol. The first-order valence-corrected chi connectivity index (χ1v) is 9.54. The van der Waals surface area contributed by atoms with Crippen molar-refractivity contribution in [3.8, 4) is 0 Å². The van der Waals surface area contributed by atoms with Gasteiger partial charge in [0.2, 0.25) is 0 Å². The van der Waals surface area contributed by atoms with Crippen molar-refractivity contribution < 1.29 is 13.5 Å². The van der Waals surface area contributed by atoms with Gasteiger partial charge in [-0.05, 0) is 36.6 Å². The molecule has 4 heteroatoms. The van der Waals surface area contributed by atoms with Gasteiger partial charge in [-0.25, -0.2) is 8.42 Å². The summed E-state index contributed by atoms with van der Waals surface area (Å²) in [5.41, 5.74) is 3.26. The molecule has 1 aliphatic carbocycles. The second-order valence-electron chi connectivity index (χ2n) is 6.29. The van der Waals surface area contributed by atoms with E-state index >= 15 is 0 Å². The van der Waals surface area contributed by atoms with Crippen LogP contribution in [0.4, 0.5) is 0 Å². The van der Waals surface area contributed by atoms with Crippen molar-refractivity contribution in [2.75, 3.05) is 6.61 Å². The molecule has 0 aromatic heterocycles. The summed E-state index contributed by atoms with van der Waals surface area (Å²) in [7, 11) is -3.42. The number of aliphatic hydroxyl groups is 1. The van der Waals surface area contributed by atoms with Gasteiger partial charge in [-0.15, -0.1) is 0 Å². The molecule has 2 aromatic rings. The highest BCUT2D eigenvalue weighted by Crippen LogP contribution is 2.53. The lowest BCUT2D eigenvalue weighted by Crippen LogP contribution is -2.11. The van der Waals surface area contributed by atoms with E-state index in [1.165, 1.54) is 5.56 Å². The van der Waals surface area contributed by atoms with Crippen LogP contribution in [0.3, 0.4) is 0 Å². The number of benzene rings is 2.